The summed E-state index contributed by atoms with van der Waals surface area (Å²) in [6, 6.07) is 12.2. The third-order valence-corrected chi connectivity index (χ3v) is 6.18. The Balaban J connectivity index is 1.38. The third-order valence-electron chi connectivity index (χ3n) is 6.18. The molecule has 1 amide bonds. The standard InChI is InChI=1S/C24H28FNO3/c1-23(15-18-6-2-3-7-20(18)25)16-19-14-17(8-9-21(19)29-23)22(27)26-13-12-24(28)10-4-5-11-24/h2-3,6-9,14,28H,4-5,10-13,15-16H2,1H3,(H,26,27). The van der Waals surface area contributed by atoms with Crippen molar-refractivity contribution in [3.05, 3.63) is 65.0 Å². The highest BCUT2D eigenvalue weighted by Gasteiger charge is 2.36. The summed E-state index contributed by atoms with van der Waals surface area (Å²) in [6.45, 7) is 2.44. The fourth-order valence-corrected chi connectivity index (χ4v) is 4.60. The van der Waals surface area contributed by atoms with Gasteiger partial charge in [-0.3, -0.25) is 4.79 Å². The molecule has 1 saturated carbocycles. The van der Waals surface area contributed by atoms with Gasteiger partial charge in [-0.05, 0) is 61.6 Å². The molecule has 0 spiro atoms. The molecule has 154 valence electrons. The molecule has 2 aliphatic rings. The number of halogens is 1. The van der Waals surface area contributed by atoms with Gasteiger partial charge in [0.2, 0.25) is 0 Å². The number of rotatable bonds is 6. The second kappa shape index (κ2) is 7.79. The van der Waals surface area contributed by atoms with Crippen LogP contribution >= 0.6 is 0 Å². The largest absolute Gasteiger partial charge is 0.487 e. The molecule has 1 heterocycles. The maximum atomic E-state index is 14.0. The van der Waals surface area contributed by atoms with E-state index in [1.165, 1.54) is 6.07 Å². The van der Waals surface area contributed by atoms with Crippen molar-refractivity contribution in [1.29, 1.82) is 0 Å². The number of ether oxygens (including phenoxy) is 1. The maximum absolute atomic E-state index is 14.0. The SMILES string of the molecule is CC1(Cc2ccccc2F)Cc2cc(C(=O)NCCC3(O)CCCC3)ccc2O1. The lowest BCUT2D eigenvalue weighted by Crippen LogP contribution is -2.33. The molecule has 5 heteroatoms. The minimum absolute atomic E-state index is 0.142. The van der Waals surface area contributed by atoms with Gasteiger partial charge >= 0.3 is 0 Å². The van der Waals surface area contributed by atoms with Crippen LogP contribution in [0, 0.1) is 5.82 Å². The van der Waals surface area contributed by atoms with Gasteiger partial charge in [-0.1, -0.05) is 31.0 Å². The molecule has 0 bridgehead atoms. The minimum Gasteiger partial charge on any atom is -0.487 e. The van der Waals surface area contributed by atoms with Gasteiger partial charge in [-0.2, -0.15) is 0 Å². The van der Waals surface area contributed by atoms with Gasteiger partial charge < -0.3 is 15.2 Å². The molecular weight excluding hydrogens is 369 g/mol. The Morgan fingerprint density at radius 1 is 1.21 bits per heavy atom. The third kappa shape index (κ3) is 4.45. The van der Waals surface area contributed by atoms with E-state index in [1.807, 2.05) is 25.1 Å². The van der Waals surface area contributed by atoms with Crippen molar-refractivity contribution < 1.29 is 19.0 Å². The van der Waals surface area contributed by atoms with Gasteiger partial charge in [0.05, 0.1) is 5.60 Å². The van der Waals surface area contributed by atoms with Crippen molar-refractivity contribution in [3.8, 4) is 5.75 Å². The van der Waals surface area contributed by atoms with Crippen molar-refractivity contribution in [2.24, 2.45) is 0 Å². The van der Waals surface area contributed by atoms with Crippen molar-refractivity contribution in [2.75, 3.05) is 6.54 Å². The van der Waals surface area contributed by atoms with E-state index in [0.717, 1.165) is 37.0 Å². The Hall–Kier alpha value is -2.40. The van der Waals surface area contributed by atoms with Gasteiger partial charge in [0.1, 0.15) is 17.2 Å². The molecule has 0 saturated heterocycles. The molecule has 1 atom stereocenters. The molecule has 1 aliphatic heterocycles. The average molecular weight is 397 g/mol. The molecule has 0 radical (unpaired) electrons. The van der Waals surface area contributed by atoms with E-state index in [2.05, 4.69) is 5.32 Å². The summed E-state index contributed by atoms with van der Waals surface area (Å²) in [6.07, 6.45) is 5.43. The number of amides is 1. The predicted molar refractivity (Wildman–Crippen MR) is 110 cm³/mol. The van der Waals surface area contributed by atoms with Crippen LogP contribution in [-0.4, -0.2) is 28.8 Å². The predicted octanol–water partition coefficient (Wildman–Crippen LogP) is 4.19. The number of hydrogen-bond donors (Lipinski definition) is 2. The van der Waals surface area contributed by atoms with Crippen LogP contribution in [0.4, 0.5) is 4.39 Å². The topological polar surface area (TPSA) is 58.6 Å². The van der Waals surface area contributed by atoms with E-state index in [-0.39, 0.29) is 11.7 Å². The van der Waals surface area contributed by atoms with Crippen LogP contribution in [0.25, 0.3) is 0 Å². The van der Waals surface area contributed by atoms with E-state index in [4.69, 9.17) is 4.74 Å². The lowest BCUT2D eigenvalue weighted by molar-refractivity contribution is 0.0389. The molecule has 2 aromatic rings. The highest BCUT2D eigenvalue weighted by Crippen LogP contribution is 2.38. The normalized spacial score (nSPS) is 22.2. The van der Waals surface area contributed by atoms with Gasteiger partial charge in [0, 0.05) is 24.9 Å². The highest BCUT2D eigenvalue weighted by molar-refractivity contribution is 5.94. The molecular formula is C24H28FNO3. The number of carbonyl (C=O) groups excluding carboxylic acids is 1. The molecule has 29 heavy (non-hydrogen) atoms. The van der Waals surface area contributed by atoms with Crippen LogP contribution in [0.2, 0.25) is 0 Å². The zero-order valence-corrected chi connectivity index (χ0v) is 16.8. The Labute approximate surface area is 171 Å². The zero-order valence-electron chi connectivity index (χ0n) is 16.8. The summed E-state index contributed by atoms with van der Waals surface area (Å²) in [4.78, 5) is 12.5. The summed E-state index contributed by atoms with van der Waals surface area (Å²) < 4.78 is 20.2. The molecule has 2 N–H and O–H groups in total. The molecule has 1 fully saturated rings. The van der Waals surface area contributed by atoms with Crippen LogP contribution in [0.15, 0.2) is 42.5 Å². The van der Waals surface area contributed by atoms with Crippen molar-refractivity contribution >= 4 is 5.91 Å². The van der Waals surface area contributed by atoms with Crippen LogP contribution in [0.3, 0.4) is 0 Å². The van der Waals surface area contributed by atoms with E-state index in [0.29, 0.717) is 36.9 Å². The quantitative estimate of drug-likeness (QED) is 0.769. The molecule has 4 nitrogen and oxygen atoms in total. The first kappa shape index (κ1) is 19.9. The van der Waals surface area contributed by atoms with Gasteiger partial charge in [0.25, 0.3) is 5.91 Å². The summed E-state index contributed by atoms with van der Waals surface area (Å²) >= 11 is 0. The lowest BCUT2D eigenvalue weighted by atomic mass is 9.91. The fourth-order valence-electron chi connectivity index (χ4n) is 4.60. The molecule has 0 aromatic heterocycles. The van der Waals surface area contributed by atoms with Crippen LogP contribution in [0.1, 0.15) is 60.5 Å². The summed E-state index contributed by atoms with van der Waals surface area (Å²) in [5, 5.41) is 13.3. The number of aliphatic hydroxyl groups is 1. The zero-order chi connectivity index (χ0) is 20.5. The number of carbonyl (C=O) groups is 1. The number of benzene rings is 2. The molecule has 1 aliphatic carbocycles. The highest BCUT2D eigenvalue weighted by atomic mass is 19.1. The van der Waals surface area contributed by atoms with Crippen LogP contribution < -0.4 is 10.1 Å². The van der Waals surface area contributed by atoms with Crippen molar-refractivity contribution in [3.63, 3.8) is 0 Å². The first-order valence-electron chi connectivity index (χ1n) is 10.4. The Kier molecular flexibility index (Phi) is 5.34. The van der Waals surface area contributed by atoms with Gasteiger partial charge in [0.15, 0.2) is 0 Å². The Morgan fingerprint density at radius 3 is 2.72 bits per heavy atom. The molecule has 2 aromatic carbocycles. The second-order valence-corrected chi connectivity index (χ2v) is 8.76. The Bertz CT molecular complexity index is 907. The molecule has 4 rings (SSSR count). The van der Waals surface area contributed by atoms with Crippen molar-refractivity contribution in [2.45, 2.75) is 63.1 Å². The van der Waals surface area contributed by atoms with Crippen molar-refractivity contribution in [1.82, 2.24) is 5.32 Å². The first-order chi connectivity index (χ1) is 13.9. The van der Waals surface area contributed by atoms with E-state index in [9.17, 15) is 14.3 Å². The Morgan fingerprint density at radius 2 is 1.97 bits per heavy atom. The average Bonchev–Trinajstić information content (AvgIpc) is 3.25. The van der Waals surface area contributed by atoms with Crippen LogP contribution in [0.5, 0.6) is 5.75 Å². The summed E-state index contributed by atoms with van der Waals surface area (Å²) in [5.41, 5.74) is 1.02. The first-order valence-corrected chi connectivity index (χ1v) is 10.4. The van der Waals surface area contributed by atoms with Crippen LogP contribution in [-0.2, 0) is 12.8 Å². The van der Waals surface area contributed by atoms with E-state index >= 15 is 0 Å². The number of nitrogens with one attached hydrogen (secondary N) is 1. The monoisotopic (exact) mass is 397 g/mol. The van der Waals surface area contributed by atoms with E-state index in [1.54, 1.807) is 18.2 Å². The molecule has 1 unspecified atom stereocenters. The second-order valence-electron chi connectivity index (χ2n) is 8.76. The van der Waals surface area contributed by atoms with Gasteiger partial charge in [-0.15, -0.1) is 0 Å². The smallest absolute Gasteiger partial charge is 0.251 e. The number of fused-ring (bicyclic) bond motifs is 1. The fraction of sp³-hybridized carbons (Fsp3) is 0.458. The van der Waals surface area contributed by atoms with Gasteiger partial charge in [-0.25, -0.2) is 4.39 Å². The number of hydrogen-bond acceptors (Lipinski definition) is 3. The minimum atomic E-state index is -0.617. The maximum Gasteiger partial charge on any atom is 0.251 e. The lowest BCUT2D eigenvalue weighted by Gasteiger charge is -2.24. The summed E-state index contributed by atoms with van der Waals surface area (Å²) in [7, 11) is 0. The summed E-state index contributed by atoms with van der Waals surface area (Å²) in [5.74, 6) is 0.384. The van der Waals surface area contributed by atoms with E-state index < -0.39 is 11.2 Å².